The average Bonchev–Trinajstić information content (AvgIpc) is 2.99. The van der Waals surface area contributed by atoms with Crippen molar-refractivity contribution in [2.75, 3.05) is 32.7 Å². The van der Waals surface area contributed by atoms with Gasteiger partial charge in [-0.2, -0.15) is 0 Å². The highest BCUT2D eigenvalue weighted by atomic mass is 16.5. The van der Waals surface area contributed by atoms with Gasteiger partial charge in [-0.05, 0) is 43.9 Å². The molecule has 2 aliphatic rings. The summed E-state index contributed by atoms with van der Waals surface area (Å²) in [5.41, 5.74) is 1.40. The minimum absolute atomic E-state index is 0.0972. The third-order valence-electron chi connectivity index (χ3n) is 5.72. The number of nitrogens with zero attached hydrogens (tertiary/aromatic N) is 3. The highest BCUT2D eigenvalue weighted by Crippen LogP contribution is 2.37. The molecule has 2 fully saturated rings. The van der Waals surface area contributed by atoms with Crippen LogP contribution in [0.3, 0.4) is 0 Å². The summed E-state index contributed by atoms with van der Waals surface area (Å²) in [7, 11) is 0. The molecule has 1 saturated heterocycles. The molecule has 6 heteroatoms. The number of rotatable bonds is 4. The van der Waals surface area contributed by atoms with Gasteiger partial charge in [0.15, 0.2) is 5.76 Å². The molecular formula is C19H32N4O2. The predicted octanol–water partition coefficient (Wildman–Crippen LogP) is 3.03. The van der Waals surface area contributed by atoms with Crippen LogP contribution in [0.1, 0.15) is 51.0 Å². The lowest BCUT2D eigenvalue weighted by molar-refractivity contribution is 0.125. The quantitative estimate of drug-likeness (QED) is 0.908. The van der Waals surface area contributed by atoms with Gasteiger partial charge in [-0.3, -0.25) is 4.90 Å². The maximum absolute atomic E-state index is 12.4. The Hall–Kier alpha value is -1.56. The molecule has 1 aliphatic heterocycles. The Morgan fingerprint density at radius 2 is 1.96 bits per heavy atom. The number of urea groups is 1. The molecule has 2 amide bonds. The number of carbonyl (C=O) groups is 1. The second-order valence-electron chi connectivity index (χ2n) is 8.49. The minimum Gasteiger partial charge on any atom is -0.360 e. The van der Waals surface area contributed by atoms with Crippen molar-refractivity contribution in [3.8, 4) is 0 Å². The number of piperazine rings is 1. The molecule has 1 N–H and O–H groups in total. The molecule has 1 saturated carbocycles. The molecule has 0 bridgehead atoms. The lowest BCUT2D eigenvalue weighted by Crippen LogP contribution is -2.52. The molecule has 0 aromatic carbocycles. The Morgan fingerprint density at radius 1 is 1.28 bits per heavy atom. The van der Waals surface area contributed by atoms with E-state index in [9.17, 15) is 4.79 Å². The molecule has 25 heavy (non-hydrogen) atoms. The molecule has 0 radical (unpaired) electrons. The summed E-state index contributed by atoms with van der Waals surface area (Å²) in [6.07, 6.45) is 5.01. The Balaban J connectivity index is 1.35. The molecule has 2 heterocycles. The van der Waals surface area contributed by atoms with E-state index in [0.717, 1.165) is 50.7 Å². The zero-order valence-corrected chi connectivity index (χ0v) is 15.9. The van der Waals surface area contributed by atoms with Gasteiger partial charge in [-0.25, -0.2) is 4.79 Å². The maximum Gasteiger partial charge on any atom is 0.317 e. The number of aryl methyl sites for hydroxylation is 1. The molecule has 0 atom stereocenters. The zero-order valence-electron chi connectivity index (χ0n) is 15.9. The summed E-state index contributed by atoms with van der Waals surface area (Å²) < 4.78 is 5.28. The van der Waals surface area contributed by atoms with Crippen LogP contribution in [0.5, 0.6) is 0 Å². The van der Waals surface area contributed by atoms with Crippen molar-refractivity contribution in [2.24, 2.45) is 11.3 Å². The third-order valence-corrected chi connectivity index (χ3v) is 5.72. The molecule has 1 aromatic rings. The fraction of sp³-hybridized carbons (Fsp3) is 0.789. The van der Waals surface area contributed by atoms with Crippen LogP contribution in [0, 0.1) is 18.3 Å². The van der Waals surface area contributed by atoms with Crippen molar-refractivity contribution in [1.29, 1.82) is 0 Å². The van der Waals surface area contributed by atoms with Crippen LogP contribution in [0.2, 0.25) is 0 Å². The van der Waals surface area contributed by atoms with Crippen molar-refractivity contribution in [1.82, 2.24) is 20.3 Å². The largest absolute Gasteiger partial charge is 0.360 e. The van der Waals surface area contributed by atoms with Crippen LogP contribution in [-0.4, -0.2) is 53.7 Å². The second kappa shape index (κ2) is 7.77. The number of hydrogen-bond acceptors (Lipinski definition) is 4. The molecule has 140 valence electrons. The average molecular weight is 348 g/mol. The molecule has 6 nitrogen and oxygen atoms in total. The Morgan fingerprint density at radius 3 is 2.56 bits per heavy atom. The van der Waals surface area contributed by atoms with Crippen molar-refractivity contribution in [3.63, 3.8) is 0 Å². The van der Waals surface area contributed by atoms with Crippen LogP contribution >= 0.6 is 0 Å². The summed E-state index contributed by atoms with van der Waals surface area (Å²) in [6, 6.07) is 2.07. The minimum atomic E-state index is 0.0972. The normalized spacial score (nSPS) is 22.1. The first-order valence-electron chi connectivity index (χ1n) is 9.59. The summed E-state index contributed by atoms with van der Waals surface area (Å²) in [5, 5.41) is 7.08. The molecule has 0 spiro atoms. The van der Waals surface area contributed by atoms with E-state index in [0.29, 0.717) is 11.3 Å². The van der Waals surface area contributed by atoms with Gasteiger partial charge in [0.25, 0.3) is 0 Å². The van der Waals surface area contributed by atoms with E-state index in [1.165, 1.54) is 25.7 Å². The van der Waals surface area contributed by atoms with Crippen LogP contribution in [-0.2, 0) is 6.54 Å². The van der Waals surface area contributed by atoms with E-state index in [2.05, 4.69) is 29.2 Å². The number of aromatic nitrogens is 1. The summed E-state index contributed by atoms with van der Waals surface area (Å²) in [6.45, 7) is 11.5. The Kier molecular flexibility index (Phi) is 5.67. The van der Waals surface area contributed by atoms with Gasteiger partial charge in [0, 0.05) is 38.8 Å². The zero-order chi connectivity index (χ0) is 17.9. The van der Waals surface area contributed by atoms with Crippen molar-refractivity contribution in [3.05, 3.63) is 17.5 Å². The monoisotopic (exact) mass is 348 g/mol. The molecule has 1 aliphatic carbocycles. The first-order chi connectivity index (χ1) is 11.9. The molecule has 0 unspecified atom stereocenters. The number of nitrogens with one attached hydrogen (secondary N) is 1. The fourth-order valence-electron chi connectivity index (χ4n) is 3.83. The van der Waals surface area contributed by atoms with E-state index < -0.39 is 0 Å². The smallest absolute Gasteiger partial charge is 0.317 e. The number of hydrogen-bond donors (Lipinski definition) is 1. The van der Waals surface area contributed by atoms with Crippen molar-refractivity contribution < 1.29 is 9.32 Å². The van der Waals surface area contributed by atoms with E-state index in [1.54, 1.807) is 0 Å². The predicted molar refractivity (Wildman–Crippen MR) is 97.2 cm³/mol. The van der Waals surface area contributed by atoms with E-state index in [4.69, 9.17) is 4.52 Å². The van der Waals surface area contributed by atoms with Gasteiger partial charge in [-0.1, -0.05) is 19.0 Å². The van der Waals surface area contributed by atoms with Crippen LogP contribution < -0.4 is 5.32 Å². The van der Waals surface area contributed by atoms with E-state index >= 15 is 0 Å². The summed E-state index contributed by atoms with van der Waals surface area (Å²) >= 11 is 0. The van der Waals surface area contributed by atoms with Crippen molar-refractivity contribution in [2.45, 2.75) is 53.0 Å². The fourth-order valence-corrected chi connectivity index (χ4v) is 3.83. The van der Waals surface area contributed by atoms with Crippen LogP contribution in [0.15, 0.2) is 10.6 Å². The van der Waals surface area contributed by atoms with Crippen molar-refractivity contribution >= 4 is 6.03 Å². The topological polar surface area (TPSA) is 61.6 Å². The third kappa shape index (κ3) is 5.21. The van der Waals surface area contributed by atoms with Crippen LogP contribution in [0.25, 0.3) is 0 Å². The Bertz CT molecular complexity index is 566. The lowest BCUT2D eigenvalue weighted by atomic mass is 9.73. The lowest BCUT2D eigenvalue weighted by Gasteiger charge is -2.36. The van der Waals surface area contributed by atoms with Gasteiger partial charge < -0.3 is 14.7 Å². The Labute approximate surface area is 150 Å². The first-order valence-corrected chi connectivity index (χ1v) is 9.59. The van der Waals surface area contributed by atoms with Gasteiger partial charge >= 0.3 is 6.03 Å². The highest BCUT2D eigenvalue weighted by molar-refractivity contribution is 5.74. The molecule has 1 aromatic heterocycles. The SMILES string of the molecule is Cc1cc(CN2CCN(C(=O)NCC3CCC(C)(C)CC3)CC2)on1. The molecule has 3 rings (SSSR count). The molecular weight excluding hydrogens is 316 g/mol. The maximum atomic E-state index is 12.4. The van der Waals surface area contributed by atoms with Gasteiger partial charge in [0.05, 0.1) is 12.2 Å². The van der Waals surface area contributed by atoms with Gasteiger partial charge in [0.1, 0.15) is 0 Å². The number of carbonyl (C=O) groups excluding carboxylic acids is 1. The summed E-state index contributed by atoms with van der Waals surface area (Å²) in [5.74, 6) is 1.54. The summed E-state index contributed by atoms with van der Waals surface area (Å²) in [4.78, 5) is 16.7. The van der Waals surface area contributed by atoms with Gasteiger partial charge in [-0.15, -0.1) is 0 Å². The first kappa shape index (κ1) is 18.2. The van der Waals surface area contributed by atoms with Gasteiger partial charge in [0.2, 0.25) is 0 Å². The van der Waals surface area contributed by atoms with E-state index in [1.807, 2.05) is 17.9 Å². The highest BCUT2D eigenvalue weighted by Gasteiger charge is 2.28. The number of amides is 2. The van der Waals surface area contributed by atoms with E-state index in [-0.39, 0.29) is 6.03 Å². The standard InChI is InChI=1S/C19H32N4O2/c1-15-12-17(25-21-15)14-22-8-10-23(11-9-22)18(24)20-13-16-4-6-19(2,3)7-5-16/h12,16H,4-11,13-14H2,1-3H3,(H,20,24). The van der Waals surface area contributed by atoms with Crippen LogP contribution in [0.4, 0.5) is 4.79 Å². The second-order valence-corrected chi connectivity index (χ2v) is 8.49.